The van der Waals surface area contributed by atoms with E-state index in [0.717, 1.165) is 22.0 Å². The van der Waals surface area contributed by atoms with Crippen LogP contribution < -0.4 is 5.32 Å². The topological polar surface area (TPSA) is 94.0 Å². The van der Waals surface area contributed by atoms with Gasteiger partial charge in [0.2, 0.25) is 11.8 Å². The molecule has 0 aliphatic rings. The van der Waals surface area contributed by atoms with E-state index in [1.165, 1.54) is 11.8 Å². The summed E-state index contributed by atoms with van der Waals surface area (Å²) in [6.07, 6.45) is 0.485. The van der Waals surface area contributed by atoms with Crippen LogP contribution in [0.5, 0.6) is 0 Å². The van der Waals surface area contributed by atoms with Gasteiger partial charge in [0.1, 0.15) is 11.5 Å². The molecule has 0 atom stereocenters. The Morgan fingerprint density at radius 3 is 2.77 bits per heavy atom. The molecule has 0 spiro atoms. The summed E-state index contributed by atoms with van der Waals surface area (Å²) in [4.78, 5) is 16.5. The maximum atomic E-state index is 12.1. The van der Waals surface area contributed by atoms with Gasteiger partial charge in [-0.2, -0.15) is 0 Å². The lowest BCUT2D eigenvalue weighted by Gasteiger charge is -2.02. The lowest BCUT2D eigenvalue weighted by atomic mass is 10.2. The zero-order valence-electron chi connectivity index (χ0n) is 15.9. The number of carbonyl (C=O) groups is 1. The lowest BCUT2D eigenvalue weighted by molar-refractivity contribution is -0.118. The summed E-state index contributed by atoms with van der Waals surface area (Å²) in [5, 5.41) is 14.8. The first-order valence-electron chi connectivity index (χ1n) is 9.03. The third kappa shape index (κ3) is 5.50. The Kier molecular flexibility index (Phi) is 6.51. The Bertz CT molecular complexity index is 1140. The summed E-state index contributed by atoms with van der Waals surface area (Å²) in [5.41, 5.74) is 1.82. The van der Waals surface area contributed by atoms with Crippen LogP contribution in [0.4, 0.5) is 0 Å². The number of aryl methyl sites for hydroxylation is 1. The molecule has 4 rings (SSSR count). The quantitative estimate of drug-likeness (QED) is 0.379. The summed E-state index contributed by atoms with van der Waals surface area (Å²) in [7, 11) is 0. The van der Waals surface area contributed by atoms with E-state index >= 15 is 0 Å². The summed E-state index contributed by atoms with van der Waals surface area (Å²) in [5.74, 6) is 1.88. The normalized spacial score (nSPS) is 11.0. The van der Waals surface area contributed by atoms with Crippen LogP contribution in [0.2, 0.25) is 5.02 Å². The number of furan rings is 1. The third-order valence-corrected chi connectivity index (χ3v) is 5.92. The Hall–Kier alpha value is -2.62. The average molecular weight is 461 g/mol. The molecule has 154 valence electrons. The minimum Gasteiger partial charge on any atom is -0.459 e. The average Bonchev–Trinajstić information content (AvgIpc) is 3.47. The van der Waals surface area contributed by atoms with Gasteiger partial charge in [-0.1, -0.05) is 23.4 Å². The largest absolute Gasteiger partial charge is 0.459 e. The third-order valence-electron chi connectivity index (χ3n) is 4.02. The molecule has 10 heteroatoms. The van der Waals surface area contributed by atoms with E-state index < -0.39 is 0 Å². The van der Waals surface area contributed by atoms with Crippen LogP contribution in [0.1, 0.15) is 22.4 Å². The zero-order valence-corrected chi connectivity index (χ0v) is 18.3. The predicted octanol–water partition coefficient (Wildman–Crippen LogP) is 4.75. The Balaban J connectivity index is 1.23. The molecule has 1 aromatic carbocycles. The van der Waals surface area contributed by atoms with Crippen LogP contribution in [0.15, 0.2) is 55.8 Å². The first-order valence-corrected chi connectivity index (χ1v) is 11.3. The Labute approximate surface area is 185 Å². The maximum Gasteiger partial charge on any atom is 0.277 e. The second-order valence-electron chi connectivity index (χ2n) is 6.33. The Morgan fingerprint density at radius 2 is 2.00 bits per heavy atom. The van der Waals surface area contributed by atoms with Gasteiger partial charge >= 0.3 is 0 Å². The molecule has 3 heterocycles. The number of amides is 1. The second-order valence-corrected chi connectivity index (χ2v) is 8.76. The molecule has 0 fully saturated rings. The summed E-state index contributed by atoms with van der Waals surface area (Å²) >= 11 is 8.67. The minimum absolute atomic E-state index is 0.153. The number of hydrogen-bond acceptors (Lipinski definition) is 8. The van der Waals surface area contributed by atoms with Crippen molar-refractivity contribution >= 4 is 40.6 Å². The molecule has 1 amide bonds. The molecule has 0 aliphatic carbocycles. The fraction of sp³-hybridized carbons (Fsp3) is 0.200. The van der Waals surface area contributed by atoms with Crippen LogP contribution in [-0.2, 0) is 17.8 Å². The SMILES string of the molecule is Cc1nc(Cc2nnc(SCC(=O)NCc3ccc(-c4ccc(Cl)cc4)o3)o2)cs1. The molecule has 0 aliphatic heterocycles. The highest BCUT2D eigenvalue weighted by molar-refractivity contribution is 7.99. The molecule has 0 unspecified atom stereocenters. The summed E-state index contributed by atoms with van der Waals surface area (Å²) in [6, 6.07) is 11.1. The van der Waals surface area contributed by atoms with E-state index in [0.29, 0.717) is 34.9 Å². The molecular weight excluding hydrogens is 444 g/mol. The number of hydrogen-bond donors (Lipinski definition) is 1. The molecule has 0 saturated heterocycles. The van der Waals surface area contributed by atoms with Crippen LogP contribution in [0, 0.1) is 6.92 Å². The zero-order chi connectivity index (χ0) is 20.9. The van der Waals surface area contributed by atoms with Crippen LogP contribution >= 0.6 is 34.7 Å². The number of carbonyl (C=O) groups excluding carboxylic acids is 1. The molecule has 0 bridgehead atoms. The van der Waals surface area contributed by atoms with E-state index in [2.05, 4.69) is 20.5 Å². The first-order chi connectivity index (χ1) is 14.5. The predicted molar refractivity (Wildman–Crippen MR) is 116 cm³/mol. The molecule has 0 radical (unpaired) electrons. The molecule has 0 saturated carbocycles. The number of nitrogens with zero attached hydrogens (tertiary/aromatic N) is 3. The number of halogens is 1. The van der Waals surface area contributed by atoms with Gasteiger partial charge in [-0.15, -0.1) is 21.5 Å². The summed E-state index contributed by atoms with van der Waals surface area (Å²) in [6.45, 7) is 2.24. The highest BCUT2D eigenvalue weighted by atomic mass is 35.5. The molecule has 7 nitrogen and oxygen atoms in total. The van der Waals surface area contributed by atoms with Gasteiger partial charge in [-0.3, -0.25) is 4.79 Å². The van der Waals surface area contributed by atoms with Crippen molar-refractivity contribution in [1.29, 1.82) is 0 Å². The van der Waals surface area contributed by atoms with Crippen LogP contribution in [0.3, 0.4) is 0 Å². The van der Waals surface area contributed by atoms with Gasteiger partial charge < -0.3 is 14.2 Å². The highest BCUT2D eigenvalue weighted by Gasteiger charge is 2.12. The fourth-order valence-electron chi connectivity index (χ4n) is 2.62. The van der Waals surface area contributed by atoms with Crippen molar-refractivity contribution in [2.45, 2.75) is 25.1 Å². The van der Waals surface area contributed by atoms with Crippen molar-refractivity contribution < 1.29 is 13.6 Å². The number of benzene rings is 1. The van der Waals surface area contributed by atoms with Crippen LogP contribution in [0.25, 0.3) is 11.3 Å². The van der Waals surface area contributed by atoms with E-state index in [-0.39, 0.29) is 11.7 Å². The Morgan fingerprint density at radius 1 is 1.17 bits per heavy atom. The van der Waals surface area contributed by atoms with Crippen molar-refractivity contribution in [3.8, 4) is 11.3 Å². The minimum atomic E-state index is -0.153. The number of thioether (sulfide) groups is 1. The number of aromatic nitrogens is 3. The molecular formula is C20H17ClN4O3S2. The lowest BCUT2D eigenvalue weighted by Crippen LogP contribution is -2.24. The van der Waals surface area contributed by atoms with E-state index in [1.54, 1.807) is 23.5 Å². The summed E-state index contributed by atoms with van der Waals surface area (Å²) < 4.78 is 11.3. The number of rotatable bonds is 8. The van der Waals surface area contributed by atoms with Crippen molar-refractivity contribution in [2.24, 2.45) is 0 Å². The number of nitrogens with one attached hydrogen (secondary N) is 1. The fourth-order valence-corrected chi connectivity index (χ4v) is 3.97. The second kappa shape index (κ2) is 9.46. The van der Waals surface area contributed by atoms with Crippen molar-refractivity contribution in [2.75, 3.05) is 5.75 Å². The van der Waals surface area contributed by atoms with Gasteiger partial charge in [0.05, 0.1) is 29.4 Å². The van der Waals surface area contributed by atoms with Crippen molar-refractivity contribution in [1.82, 2.24) is 20.5 Å². The van der Waals surface area contributed by atoms with Crippen LogP contribution in [-0.4, -0.2) is 26.8 Å². The van der Waals surface area contributed by atoms with Gasteiger partial charge in [0, 0.05) is 16.0 Å². The van der Waals surface area contributed by atoms with Gasteiger partial charge in [0.25, 0.3) is 5.22 Å². The van der Waals surface area contributed by atoms with Crippen molar-refractivity contribution in [3.63, 3.8) is 0 Å². The van der Waals surface area contributed by atoms with E-state index in [9.17, 15) is 4.79 Å². The molecule has 1 N–H and O–H groups in total. The first kappa shape index (κ1) is 20.6. The molecule has 3 aromatic heterocycles. The van der Waals surface area contributed by atoms with E-state index in [4.69, 9.17) is 20.4 Å². The van der Waals surface area contributed by atoms with Gasteiger partial charge in [-0.25, -0.2) is 4.98 Å². The standard InChI is InChI=1S/C20H17ClN4O3S2/c1-12-23-15(10-29-12)8-19-24-25-20(28-19)30-11-18(26)22-9-16-6-7-17(27-16)13-2-4-14(21)5-3-13/h2-7,10H,8-9,11H2,1H3,(H,22,26). The molecule has 4 aromatic rings. The maximum absolute atomic E-state index is 12.1. The smallest absolute Gasteiger partial charge is 0.277 e. The van der Waals surface area contributed by atoms with Crippen molar-refractivity contribution in [3.05, 3.63) is 69.2 Å². The highest BCUT2D eigenvalue weighted by Crippen LogP contribution is 2.24. The monoisotopic (exact) mass is 460 g/mol. The van der Waals surface area contributed by atoms with E-state index in [1.807, 2.05) is 36.6 Å². The number of thiazole rings is 1. The molecule has 30 heavy (non-hydrogen) atoms. The van der Waals surface area contributed by atoms with Gasteiger partial charge in [-0.05, 0) is 43.3 Å². The van der Waals surface area contributed by atoms with Gasteiger partial charge in [0.15, 0.2) is 0 Å².